The third kappa shape index (κ3) is 4.34. The van der Waals surface area contributed by atoms with Gasteiger partial charge in [0, 0.05) is 26.2 Å². The molecule has 0 aliphatic carbocycles. The smallest absolute Gasteiger partial charge is 0.243 e. The molecule has 6 nitrogen and oxygen atoms in total. The van der Waals surface area contributed by atoms with E-state index in [1.807, 2.05) is 0 Å². The Morgan fingerprint density at radius 2 is 1.71 bits per heavy atom. The Kier molecular flexibility index (Phi) is 6.00. The predicted octanol–water partition coefficient (Wildman–Crippen LogP) is 2.22. The van der Waals surface area contributed by atoms with Crippen molar-refractivity contribution >= 4 is 15.9 Å². The van der Waals surface area contributed by atoms with Crippen LogP contribution in [0.2, 0.25) is 0 Å². The number of piperazine rings is 1. The summed E-state index contributed by atoms with van der Waals surface area (Å²) in [6, 6.07) is 10.6. The molecular formula is C20H23FN2O4S. The number of methoxy groups -OCH3 is 1. The summed E-state index contributed by atoms with van der Waals surface area (Å²) in [6.07, 6.45) is 0.171. The lowest BCUT2D eigenvalue weighted by molar-refractivity contribution is -0.131. The van der Waals surface area contributed by atoms with Crippen molar-refractivity contribution in [2.45, 2.75) is 18.2 Å². The minimum atomic E-state index is -3.62. The molecule has 3 rings (SSSR count). The zero-order valence-electron chi connectivity index (χ0n) is 15.9. The van der Waals surface area contributed by atoms with Crippen molar-refractivity contribution in [3.05, 3.63) is 59.4 Å². The summed E-state index contributed by atoms with van der Waals surface area (Å²) in [4.78, 5) is 14.3. The lowest BCUT2D eigenvalue weighted by atomic mass is 10.1. The molecule has 1 aliphatic rings. The Labute approximate surface area is 164 Å². The summed E-state index contributed by atoms with van der Waals surface area (Å²) >= 11 is 0. The van der Waals surface area contributed by atoms with Crippen LogP contribution < -0.4 is 4.74 Å². The average molecular weight is 406 g/mol. The van der Waals surface area contributed by atoms with Gasteiger partial charge in [0.15, 0.2) is 0 Å². The first kappa shape index (κ1) is 20.3. The molecule has 1 aliphatic heterocycles. The van der Waals surface area contributed by atoms with Crippen LogP contribution in [0.25, 0.3) is 0 Å². The molecule has 2 aromatic rings. The van der Waals surface area contributed by atoms with Gasteiger partial charge < -0.3 is 9.64 Å². The summed E-state index contributed by atoms with van der Waals surface area (Å²) in [5.41, 5.74) is 1.48. The first-order chi connectivity index (χ1) is 13.3. The van der Waals surface area contributed by atoms with Gasteiger partial charge in [0.25, 0.3) is 0 Å². The Balaban J connectivity index is 1.63. The molecule has 28 heavy (non-hydrogen) atoms. The number of benzene rings is 2. The predicted molar refractivity (Wildman–Crippen MR) is 103 cm³/mol. The van der Waals surface area contributed by atoms with Crippen molar-refractivity contribution in [1.29, 1.82) is 0 Å². The highest BCUT2D eigenvalue weighted by molar-refractivity contribution is 7.89. The van der Waals surface area contributed by atoms with E-state index in [0.717, 1.165) is 11.1 Å². The second kappa shape index (κ2) is 8.28. The second-order valence-corrected chi connectivity index (χ2v) is 8.66. The molecule has 150 valence electrons. The van der Waals surface area contributed by atoms with E-state index in [2.05, 4.69) is 0 Å². The number of carbonyl (C=O) groups is 1. The fourth-order valence-corrected chi connectivity index (χ4v) is 4.73. The molecular weight excluding hydrogens is 383 g/mol. The number of ether oxygens (including phenoxy) is 1. The van der Waals surface area contributed by atoms with E-state index in [4.69, 9.17) is 4.74 Å². The fraction of sp³-hybridized carbons (Fsp3) is 0.350. The quantitative estimate of drug-likeness (QED) is 0.764. The average Bonchev–Trinajstić information content (AvgIpc) is 2.69. The molecule has 0 saturated carbocycles. The lowest BCUT2D eigenvalue weighted by Gasteiger charge is -2.34. The van der Waals surface area contributed by atoms with Gasteiger partial charge >= 0.3 is 0 Å². The van der Waals surface area contributed by atoms with Gasteiger partial charge in [-0.05, 0) is 48.4 Å². The van der Waals surface area contributed by atoms with Gasteiger partial charge in [-0.2, -0.15) is 4.31 Å². The third-order valence-electron chi connectivity index (χ3n) is 4.86. The molecule has 0 bridgehead atoms. The Bertz CT molecular complexity index is 953. The number of rotatable bonds is 5. The number of aryl methyl sites for hydroxylation is 1. The van der Waals surface area contributed by atoms with Crippen LogP contribution in [-0.2, 0) is 21.2 Å². The summed E-state index contributed by atoms with van der Waals surface area (Å²) in [5.74, 6) is 0.197. The van der Waals surface area contributed by atoms with Crippen molar-refractivity contribution in [2.24, 2.45) is 0 Å². The molecule has 8 heteroatoms. The van der Waals surface area contributed by atoms with Crippen LogP contribution in [0.3, 0.4) is 0 Å². The molecule has 0 spiro atoms. The molecule has 1 fully saturated rings. The third-order valence-corrected chi connectivity index (χ3v) is 6.76. The van der Waals surface area contributed by atoms with Gasteiger partial charge in [0.05, 0.1) is 18.4 Å². The molecule has 0 atom stereocenters. The minimum absolute atomic E-state index is 0.0936. The number of carbonyl (C=O) groups excluding carboxylic acids is 1. The van der Waals surface area contributed by atoms with E-state index in [0.29, 0.717) is 18.8 Å². The highest BCUT2D eigenvalue weighted by Gasteiger charge is 2.30. The van der Waals surface area contributed by atoms with Crippen LogP contribution in [0.15, 0.2) is 47.4 Å². The fourth-order valence-electron chi connectivity index (χ4n) is 3.23. The summed E-state index contributed by atoms with van der Waals surface area (Å²) in [5, 5.41) is 0. The van der Waals surface area contributed by atoms with E-state index in [1.54, 1.807) is 43.2 Å². The van der Waals surface area contributed by atoms with Crippen LogP contribution >= 0.6 is 0 Å². The van der Waals surface area contributed by atoms with E-state index < -0.39 is 10.0 Å². The highest BCUT2D eigenvalue weighted by Crippen LogP contribution is 2.24. The summed E-state index contributed by atoms with van der Waals surface area (Å²) in [6.45, 7) is 2.93. The number of hydrogen-bond donors (Lipinski definition) is 0. The second-order valence-electron chi connectivity index (χ2n) is 6.72. The van der Waals surface area contributed by atoms with Gasteiger partial charge in [0.2, 0.25) is 15.9 Å². The number of amides is 1. The molecule has 0 aromatic heterocycles. The summed E-state index contributed by atoms with van der Waals surface area (Å²) < 4.78 is 45.3. The maximum atomic E-state index is 13.0. The van der Waals surface area contributed by atoms with E-state index in [-0.39, 0.29) is 36.1 Å². The van der Waals surface area contributed by atoms with E-state index in [1.165, 1.54) is 22.5 Å². The van der Waals surface area contributed by atoms with Gasteiger partial charge in [0.1, 0.15) is 11.6 Å². The van der Waals surface area contributed by atoms with Crippen LogP contribution in [-0.4, -0.2) is 56.8 Å². The maximum Gasteiger partial charge on any atom is 0.243 e. The monoisotopic (exact) mass is 406 g/mol. The molecule has 1 saturated heterocycles. The standard InChI is InChI=1S/C20H23FN2O4S/c1-15-13-18(7-8-19(15)27-2)28(25,26)23-11-9-22(10-12-23)20(24)14-16-3-5-17(21)6-4-16/h3-8,13H,9-12,14H2,1-2H3. The number of sulfonamides is 1. The number of halogens is 1. The van der Waals surface area contributed by atoms with Crippen molar-refractivity contribution in [2.75, 3.05) is 33.3 Å². The molecule has 2 aromatic carbocycles. The first-order valence-electron chi connectivity index (χ1n) is 8.98. The topological polar surface area (TPSA) is 66.9 Å². The number of nitrogens with zero attached hydrogens (tertiary/aromatic N) is 2. The van der Waals surface area contributed by atoms with Crippen molar-refractivity contribution in [1.82, 2.24) is 9.21 Å². The van der Waals surface area contributed by atoms with Gasteiger partial charge in [-0.3, -0.25) is 4.79 Å². The van der Waals surface area contributed by atoms with E-state index >= 15 is 0 Å². The van der Waals surface area contributed by atoms with Crippen molar-refractivity contribution in [3.63, 3.8) is 0 Å². The van der Waals surface area contributed by atoms with Crippen LogP contribution in [0.5, 0.6) is 5.75 Å². The molecule has 1 amide bonds. The lowest BCUT2D eigenvalue weighted by Crippen LogP contribution is -2.50. The SMILES string of the molecule is COc1ccc(S(=O)(=O)N2CCN(C(=O)Cc3ccc(F)cc3)CC2)cc1C. The first-order valence-corrected chi connectivity index (χ1v) is 10.4. The van der Waals surface area contributed by atoms with Crippen LogP contribution in [0.1, 0.15) is 11.1 Å². The Hall–Kier alpha value is -2.45. The van der Waals surface area contributed by atoms with Crippen LogP contribution in [0, 0.1) is 12.7 Å². The molecule has 0 radical (unpaired) electrons. The molecule has 0 N–H and O–H groups in total. The van der Waals surface area contributed by atoms with Gasteiger partial charge in [-0.1, -0.05) is 12.1 Å². The van der Waals surface area contributed by atoms with Crippen molar-refractivity contribution < 1.29 is 22.3 Å². The largest absolute Gasteiger partial charge is 0.496 e. The Morgan fingerprint density at radius 3 is 2.29 bits per heavy atom. The maximum absolute atomic E-state index is 13.0. The van der Waals surface area contributed by atoms with Gasteiger partial charge in [-0.15, -0.1) is 0 Å². The van der Waals surface area contributed by atoms with E-state index in [9.17, 15) is 17.6 Å². The zero-order chi connectivity index (χ0) is 20.3. The van der Waals surface area contributed by atoms with Crippen LogP contribution in [0.4, 0.5) is 4.39 Å². The normalized spacial score (nSPS) is 15.5. The van der Waals surface area contributed by atoms with Crippen molar-refractivity contribution in [3.8, 4) is 5.75 Å². The zero-order valence-corrected chi connectivity index (χ0v) is 16.7. The minimum Gasteiger partial charge on any atom is -0.496 e. The Morgan fingerprint density at radius 1 is 1.07 bits per heavy atom. The van der Waals surface area contributed by atoms with Gasteiger partial charge in [-0.25, -0.2) is 12.8 Å². The highest BCUT2D eigenvalue weighted by atomic mass is 32.2. The summed E-state index contributed by atoms with van der Waals surface area (Å²) in [7, 11) is -2.08. The number of hydrogen-bond acceptors (Lipinski definition) is 4. The molecule has 0 unspecified atom stereocenters. The molecule has 1 heterocycles.